The van der Waals surface area contributed by atoms with Gasteiger partial charge in [0.05, 0.1) is 17.2 Å². The van der Waals surface area contributed by atoms with Crippen LogP contribution >= 0.6 is 15.9 Å². The van der Waals surface area contributed by atoms with Crippen molar-refractivity contribution in [2.75, 3.05) is 5.73 Å². The number of ether oxygens (including phenoxy) is 1. The molecule has 0 saturated heterocycles. The third-order valence-electron chi connectivity index (χ3n) is 5.28. The van der Waals surface area contributed by atoms with Gasteiger partial charge in [0.15, 0.2) is 17.3 Å². The highest BCUT2D eigenvalue weighted by Gasteiger charge is 2.20. The number of nitrogen functional groups attached to an aromatic ring is 1. The number of nitrogens with zero attached hydrogens (tertiary/aromatic N) is 5. The Morgan fingerprint density at radius 3 is 2.72 bits per heavy atom. The summed E-state index contributed by atoms with van der Waals surface area (Å²) in [6.07, 6.45) is 1.54. The van der Waals surface area contributed by atoms with Crippen LogP contribution in [0.25, 0.3) is 22.6 Å². The molecule has 0 unspecified atom stereocenters. The van der Waals surface area contributed by atoms with Crippen LogP contribution in [0.2, 0.25) is 0 Å². The van der Waals surface area contributed by atoms with Crippen LogP contribution in [0, 0.1) is 0 Å². The maximum atomic E-state index is 12.8. The lowest BCUT2D eigenvalue weighted by molar-refractivity contribution is -0.121. The molecule has 5 aromatic rings. The molecule has 1 amide bonds. The number of rotatable bonds is 8. The van der Waals surface area contributed by atoms with Crippen molar-refractivity contribution < 1.29 is 14.2 Å². The molecule has 11 heteroatoms. The van der Waals surface area contributed by atoms with E-state index < -0.39 is 0 Å². The van der Waals surface area contributed by atoms with Crippen molar-refractivity contribution in [3.8, 4) is 17.3 Å². The van der Waals surface area contributed by atoms with E-state index in [-0.39, 0.29) is 24.0 Å². The predicted molar refractivity (Wildman–Crippen MR) is 138 cm³/mol. The number of imidazole rings is 1. The second-order valence-corrected chi connectivity index (χ2v) is 8.67. The Labute approximate surface area is 213 Å². The number of hydrazone groups is 1. The van der Waals surface area contributed by atoms with Gasteiger partial charge in [0.1, 0.15) is 18.9 Å². The molecular weight excluding hydrogens is 526 g/mol. The summed E-state index contributed by atoms with van der Waals surface area (Å²) >= 11 is 3.46. The van der Waals surface area contributed by atoms with Gasteiger partial charge in [0.2, 0.25) is 0 Å². The third kappa shape index (κ3) is 5.10. The van der Waals surface area contributed by atoms with Crippen molar-refractivity contribution in [2.45, 2.75) is 13.2 Å². The van der Waals surface area contributed by atoms with Gasteiger partial charge in [0, 0.05) is 10.0 Å². The van der Waals surface area contributed by atoms with Gasteiger partial charge < -0.3 is 15.0 Å². The first kappa shape index (κ1) is 23.2. The van der Waals surface area contributed by atoms with Crippen LogP contribution in [0.4, 0.5) is 5.82 Å². The Morgan fingerprint density at radius 1 is 1.11 bits per heavy atom. The number of carbonyl (C=O) groups excluding carboxylic acids is 1. The van der Waals surface area contributed by atoms with E-state index in [1.54, 1.807) is 4.57 Å². The molecule has 3 N–H and O–H groups in total. The average Bonchev–Trinajstić information content (AvgIpc) is 3.47. The summed E-state index contributed by atoms with van der Waals surface area (Å²) in [6.45, 7) is 0.335. The number of hydrogen-bond acceptors (Lipinski definition) is 8. The molecule has 0 atom stereocenters. The molecule has 5 rings (SSSR count). The van der Waals surface area contributed by atoms with Gasteiger partial charge in [-0.25, -0.2) is 15.0 Å². The number of carbonyl (C=O) groups is 1. The maximum absolute atomic E-state index is 12.8. The summed E-state index contributed by atoms with van der Waals surface area (Å²) in [7, 11) is 0. The van der Waals surface area contributed by atoms with Crippen molar-refractivity contribution >= 4 is 44.9 Å². The lowest BCUT2D eigenvalue weighted by Gasteiger charge is -2.10. The highest BCUT2D eigenvalue weighted by atomic mass is 79.9. The molecule has 0 aliphatic carbocycles. The number of nitrogens with one attached hydrogen (secondary N) is 1. The Bertz CT molecular complexity index is 1550. The third-order valence-corrected chi connectivity index (χ3v) is 5.78. The standard InChI is InChI=1S/C25H20BrN7O3/c26-18-10-11-21(35-15-16-6-2-1-3-7-16)17(12-18)13-28-30-22(34)14-33-20-9-5-4-8-19(20)29-25(33)23-24(27)32-36-31-23/h1-13H,14-15H2,(H2,27,32)(H,30,34). The molecule has 0 aliphatic heterocycles. The van der Waals surface area contributed by atoms with Crippen LogP contribution < -0.4 is 15.9 Å². The van der Waals surface area contributed by atoms with Gasteiger partial charge in [-0.05, 0) is 46.2 Å². The average molecular weight is 546 g/mol. The molecular formula is C25H20BrN7O3. The summed E-state index contributed by atoms with van der Waals surface area (Å²) < 4.78 is 13.2. The molecule has 10 nitrogen and oxygen atoms in total. The molecule has 0 saturated carbocycles. The number of para-hydroxylation sites is 2. The Hall–Kier alpha value is -4.51. The largest absolute Gasteiger partial charge is 0.488 e. The van der Waals surface area contributed by atoms with Crippen LogP contribution in [0.3, 0.4) is 0 Å². The number of amides is 1. The number of fused-ring (bicyclic) bond motifs is 1. The second kappa shape index (κ2) is 10.4. The van der Waals surface area contributed by atoms with Crippen molar-refractivity contribution in [1.82, 2.24) is 25.3 Å². The normalized spacial score (nSPS) is 11.2. The number of hydrogen-bond donors (Lipinski definition) is 2. The maximum Gasteiger partial charge on any atom is 0.260 e. The lowest BCUT2D eigenvalue weighted by Crippen LogP contribution is -2.23. The number of nitrogens with two attached hydrogens (primary N) is 1. The van der Waals surface area contributed by atoms with Crippen molar-refractivity contribution in [1.29, 1.82) is 0 Å². The van der Waals surface area contributed by atoms with Crippen LogP contribution in [-0.4, -0.2) is 32.0 Å². The van der Waals surface area contributed by atoms with Crippen LogP contribution in [0.5, 0.6) is 5.75 Å². The van der Waals surface area contributed by atoms with E-state index in [0.29, 0.717) is 29.3 Å². The summed E-state index contributed by atoms with van der Waals surface area (Å²) in [5.41, 5.74) is 11.9. The SMILES string of the molecule is Nc1nonc1-c1nc2ccccc2n1CC(=O)NN=Cc1cc(Br)ccc1OCc1ccccc1. The van der Waals surface area contributed by atoms with E-state index in [1.165, 1.54) is 6.21 Å². The van der Waals surface area contributed by atoms with E-state index >= 15 is 0 Å². The van der Waals surface area contributed by atoms with Crippen LogP contribution in [0.1, 0.15) is 11.1 Å². The Morgan fingerprint density at radius 2 is 1.92 bits per heavy atom. The number of benzene rings is 3. The smallest absolute Gasteiger partial charge is 0.260 e. The summed E-state index contributed by atoms with van der Waals surface area (Å²) in [5.74, 6) is 0.727. The number of halogens is 1. The highest BCUT2D eigenvalue weighted by molar-refractivity contribution is 9.10. The molecule has 0 fully saturated rings. The summed E-state index contributed by atoms with van der Waals surface area (Å²) in [6, 6.07) is 22.8. The van der Waals surface area contributed by atoms with Gasteiger partial charge in [-0.3, -0.25) is 4.79 Å². The topological polar surface area (TPSA) is 133 Å². The van der Waals surface area contributed by atoms with E-state index in [1.807, 2.05) is 72.8 Å². The fourth-order valence-corrected chi connectivity index (χ4v) is 3.99. The zero-order valence-corrected chi connectivity index (χ0v) is 20.4. The van der Waals surface area contributed by atoms with Gasteiger partial charge in [-0.15, -0.1) is 0 Å². The first-order valence-electron chi connectivity index (χ1n) is 10.9. The summed E-state index contributed by atoms with van der Waals surface area (Å²) in [4.78, 5) is 17.4. The fraction of sp³-hybridized carbons (Fsp3) is 0.0800. The van der Waals surface area contributed by atoms with Crippen LogP contribution in [0.15, 0.2) is 87.0 Å². The van der Waals surface area contributed by atoms with Gasteiger partial charge >= 0.3 is 0 Å². The van der Waals surface area contributed by atoms with Crippen molar-refractivity contribution in [3.63, 3.8) is 0 Å². The van der Waals surface area contributed by atoms with Crippen molar-refractivity contribution in [3.05, 3.63) is 88.4 Å². The molecule has 2 heterocycles. The van der Waals surface area contributed by atoms with Crippen molar-refractivity contribution in [2.24, 2.45) is 5.10 Å². The molecule has 0 spiro atoms. The molecule has 180 valence electrons. The zero-order chi connectivity index (χ0) is 24.9. The predicted octanol–water partition coefficient (Wildman–Crippen LogP) is 4.16. The first-order valence-corrected chi connectivity index (χ1v) is 11.7. The number of anilines is 1. The molecule has 2 aromatic heterocycles. The quantitative estimate of drug-likeness (QED) is 0.221. The molecule has 0 radical (unpaired) electrons. The minimum Gasteiger partial charge on any atom is -0.488 e. The first-order chi connectivity index (χ1) is 17.6. The highest BCUT2D eigenvalue weighted by Crippen LogP contribution is 2.26. The van der Waals surface area contributed by atoms with E-state index in [0.717, 1.165) is 15.6 Å². The fourth-order valence-electron chi connectivity index (χ4n) is 3.61. The molecule has 0 aliphatic rings. The zero-order valence-electron chi connectivity index (χ0n) is 18.8. The summed E-state index contributed by atoms with van der Waals surface area (Å²) in [5, 5.41) is 11.6. The Kier molecular flexibility index (Phi) is 6.72. The second-order valence-electron chi connectivity index (χ2n) is 7.76. The minimum absolute atomic E-state index is 0.0741. The van der Waals surface area contributed by atoms with E-state index in [4.69, 9.17) is 15.1 Å². The van der Waals surface area contributed by atoms with Gasteiger partial charge in [-0.1, -0.05) is 58.4 Å². The van der Waals surface area contributed by atoms with Crippen LogP contribution in [-0.2, 0) is 17.9 Å². The molecule has 3 aromatic carbocycles. The van der Waals surface area contributed by atoms with Gasteiger partial charge in [-0.2, -0.15) is 5.10 Å². The molecule has 0 bridgehead atoms. The van der Waals surface area contributed by atoms with E-state index in [2.05, 4.69) is 41.8 Å². The molecule has 36 heavy (non-hydrogen) atoms. The van der Waals surface area contributed by atoms with E-state index in [9.17, 15) is 4.79 Å². The van der Waals surface area contributed by atoms with Gasteiger partial charge in [0.25, 0.3) is 5.91 Å². The number of aromatic nitrogens is 4. The Balaban J connectivity index is 1.32. The monoisotopic (exact) mass is 545 g/mol. The minimum atomic E-state index is -0.368. The lowest BCUT2D eigenvalue weighted by atomic mass is 10.2.